The Hall–Kier alpha value is -1.10. The Kier molecular flexibility index (Phi) is 4.36. The van der Waals surface area contributed by atoms with Gasteiger partial charge in [0, 0.05) is 18.5 Å². The van der Waals surface area contributed by atoms with Gasteiger partial charge in [0.25, 0.3) is 0 Å². The van der Waals surface area contributed by atoms with Gasteiger partial charge in [-0.2, -0.15) is 0 Å². The van der Waals surface area contributed by atoms with Crippen LogP contribution in [0.1, 0.15) is 38.5 Å². The molecule has 5 nitrogen and oxygen atoms in total. The highest BCUT2D eigenvalue weighted by Gasteiger charge is 2.23. The minimum absolute atomic E-state index is 0.0235. The van der Waals surface area contributed by atoms with E-state index in [2.05, 4.69) is 16.0 Å². The van der Waals surface area contributed by atoms with Crippen LogP contribution in [0.15, 0.2) is 0 Å². The molecule has 1 unspecified atom stereocenters. The molecule has 0 radical (unpaired) electrons. The zero-order chi connectivity index (χ0) is 12.1. The molecule has 0 bridgehead atoms. The van der Waals surface area contributed by atoms with Crippen molar-refractivity contribution in [3.63, 3.8) is 0 Å². The zero-order valence-corrected chi connectivity index (χ0v) is 10.1. The van der Waals surface area contributed by atoms with Gasteiger partial charge in [-0.25, -0.2) is 0 Å². The van der Waals surface area contributed by atoms with Gasteiger partial charge in [0.05, 0.1) is 6.54 Å². The van der Waals surface area contributed by atoms with E-state index in [9.17, 15) is 9.59 Å². The van der Waals surface area contributed by atoms with E-state index in [4.69, 9.17) is 0 Å². The van der Waals surface area contributed by atoms with E-state index >= 15 is 0 Å². The Balaban J connectivity index is 1.51. The minimum atomic E-state index is -0.0696. The summed E-state index contributed by atoms with van der Waals surface area (Å²) in [6.45, 7) is 1.18. The van der Waals surface area contributed by atoms with Crippen LogP contribution in [0.5, 0.6) is 0 Å². The van der Waals surface area contributed by atoms with Gasteiger partial charge in [0.1, 0.15) is 0 Å². The molecule has 3 N–H and O–H groups in total. The van der Waals surface area contributed by atoms with Gasteiger partial charge in [-0.05, 0) is 38.6 Å². The maximum Gasteiger partial charge on any atom is 0.239 e. The Morgan fingerprint density at radius 2 is 2.00 bits per heavy atom. The molecule has 1 aliphatic heterocycles. The van der Waals surface area contributed by atoms with E-state index < -0.39 is 0 Å². The molecule has 1 saturated carbocycles. The van der Waals surface area contributed by atoms with Crippen LogP contribution in [-0.4, -0.2) is 37.0 Å². The lowest BCUT2D eigenvalue weighted by molar-refractivity contribution is -0.126. The molecule has 17 heavy (non-hydrogen) atoms. The van der Waals surface area contributed by atoms with Crippen LogP contribution in [0.3, 0.4) is 0 Å². The van der Waals surface area contributed by atoms with Crippen molar-refractivity contribution in [2.45, 2.75) is 50.6 Å². The van der Waals surface area contributed by atoms with Crippen LogP contribution >= 0.6 is 0 Å². The normalized spacial score (nSPS) is 23.4. The van der Waals surface area contributed by atoms with Crippen molar-refractivity contribution in [2.24, 2.45) is 0 Å². The fourth-order valence-corrected chi connectivity index (χ4v) is 2.08. The molecule has 1 saturated heterocycles. The van der Waals surface area contributed by atoms with Crippen molar-refractivity contribution < 1.29 is 9.59 Å². The van der Waals surface area contributed by atoms with Gasteiger partial charge in [0.15, 0.2) is 0 Å². The lowest BCUT2D eigenvalue weighted by Crippen LogP contribution is -2.38. The van der Waals surface area contributed by atoms with Crippen molar-refractivity contribution in [3.05, 3.63) is 0 Å². The average Bonchev–Trinajstić information content (AvgIpc) is 2.96. The second-order valence-corrected chi connectivity index (χ2v) is 4.95. The van der Waals surface area contributed by atoms with E-state index in [1.54, 1.807) is 0 Å². The molecule has 1 aliphatic carbocycles. The average molecular weight is 239 g/mol. The van der Waals surface area contributed by atoms with Crippen LogP contribution in [0.2, 0.25) is 0 Å². The number of rotatable bonds is 6. The summed E-state index contributed by atoms with van der Waals surface area (Å²) in [5.41, 5.74) is 0. The summed E-state index contributed by atoms with van der Waals surface area (Å²) in [5.74, 6) is -0.0931. The molecule has 5 heteroatoms. The molecule has 96 valence electrons. The monoisotopic (exact) mass is 239 g/mol. The summed E-state index contributed by atoms with van der Waals surface area (Å²) in [5, 5.41) is 8.85. The third-order valence-electron chi connectivity index (χ3n) is 3.27. The summed E-state index contributed by atoms with van der Waals surface area (Å²) >= 11 is 0. The van der Waals surface area contributed by atoms with E-state index in [1.165, 1.54) is 6.42 Å². The van der Waals surface area contributed by atoms with E-state index in [-0.39, 0.29) is 18.4 Å². The van der Waals surface area contributed by atoms with E-state index in [0.29, 0.717) is 18.5 Å². The third kappa shape index (κ3) is 4.73. The predicted molar refractivity (Wildman–Crippen MR) is 64.4 cm³/mol. The third-order valence-corrected chi connectivity index (χ3v) is 3.27. The van der Waals surface area contributed by atoms with E-state index in [0.717, 1.165) is 32.2 Å². The first kappa shape index (κ1) is 12.4. The van der Waals surface area contributed by atoms with Crippen LogP contribution in [0.4, 0.5) is 0 Å². The molecule has 1 atom stereocenters. The summed E-state index contributed by atoms with van der Waals surface area (Å²) in [6.07, 6.45) is 5.90. The Morgan fingerprint density at radius 3 is 2.65 bits per heavy atom. The van der Waals surface area contributed by atoms with Gasteiger partial charge in [0.2, 0.25) is 11.8 Å². The van der Waals surface area contributed by atoms with Gasteiger partial charge in [-0.3, -0.25) is 9.59 Å². The second kappa shape index (κ2) is 6.00. The molecular weight excluding hydrogens is 218 g/mol. The zero-order valence-electron chi connectivity index (χ0n) is 10.1. The van der Waals surface area contributed by atoms with E-state index in [1.807, 2.05) is 0 Å². The van der Waals surface area contributed by atoms with Gasteiger partial charge >= 0.3 is 0 Å². The van der Waals surface area contributed by atoms with Crippen LogP contribution in [-0.2, 0) is 9.59 Å². The Morgan fingerprint density at radius 1 is 1.18 bits per heavy atom. The molecule has 2 rings (SSSR count). The van der Waals surface area contributed by atoms with Crippen molar-refractivity contribution in [1.29, 1.82) is 0 Å². The number of carbonyl (C=O) groups is 2. The quantitative estimate of drug-likeness (QED) is 0.607. The number of hydrogen-bond acceptors (Lipinski definition) is 3. The maximum absolute atomic E-state index is 11.5. The molecular formula is C12H21N3O2. The molecule has 0 aromatic carbocycles. The number of amides is 2. The van der Waals surface area contributed by atoms with Crippen molar-refractivity contribution in [2.75, 3.05) is 13.1 Å². The Labute approximate surface area is 102 Å². The molecule has 0 aromatic rings. The SMILES string of the molecule is O=C(CCC1CCCN1)NCC(=O)NC1CC1. The first-order valence-corrected chi connectivity index (χ1v) is 6.53. The fourth-order valence-electron chi connectivity index (χ4n) is 2.08. The second-order valence-electron chi connectivity index (χ2n) is 4.95. The largest absolute Gasteiger partial charge is 0.352 e. The lowest BCUT2D eigenvalue weighted by Gasteiger charge is -2.10. The molecule has 2 amide bonds. The lowest BCUT2D eigenvalue weighted by atomic mass is 10.1. The van der Waals surface area contributed by atoms with Crippen molar-refractivity contribution in [1.82, 2.24) is 16.0 Å². The van der Waals surface area contributed by atoms with Gasteiger partial charge in [-0.15, -0.1) is 0 Å². The first-order valence-electron chi connectivity index (χ1n) is 6.53. The smallest absolute Gasteiger partial charge is 0.239 e. The summed E-state index contributed by atoms with van der Waals surface area (Å²) < 4.78 is 0. The summed E-state index contributed by atoms with van der Waals surface area (Å²) in [4.78, 5) is 22.8. The highest BCUT2D eigenvalue weighted by Crippen LogP contribution is 2.18. The van der Waals surface area contributed by atoms with Crippen LogP contribution in [0.25, 0.3) is 0 Å². The number of carbonyl (C=O) groups excluding carboxylic acids is 2. The summed E-state index contributed by atoms with van der Waals surface area (Å²) in [6, 6.07) is 0.850. The molecule has 2 fully saturated rings. The topological polar surface area (TPSA) is 70.2 Å². The molecule has 1 heterocycles. The van der Waals surface area contributed by atoms with Gasteiger partial charge < -0.3 is 16.0 Å². The van der Waals surface area contributed by atoms with Gasteiger partial charge in [-0.1, -0.05) is 0 Å². The number of nitrogens with one attached hydrogen (secondary N) is 3. The fraction of sp³-hybridized carbons (Fsp3) is 0.833. The minimum Gasteiger partial charge on any atom is -0.352 e. The molecule has 0 aromatic heterocycles. The molecule has 2 aliphatic rings. The molecule has 0 spiro atoms. The Bertz CT molecular complexity index is 283. The maximum atomic E-state index is 11.5. The first-order chi connectivity index (χ1) is 8.24. The highest BCUT2D eigenvalue weighted by atomic mass is 16.2. The van der Waals surface area contributed by atoms with Crippen LogP contribution < -0.4 is 16.0 Å². The standard InChI is InChI=1S/C12H21N3O2/c16-11(6-5-9-2-1-7-13-9)14-8-12(17)15-10-3-4-10/h9-10,13H,1-8H2,(H,14,16)(H,15,17). The van der Waals surface area contributed by atoms with Crippen molar-refractivity contribution >= 4 is 11.8 Å². The predicted octanol–water partition coefficient (Wildman–Crippen LogP) is -0.0866. The summed E-state index contributed by atoms with van der Waals surface area (Å²) in [7, 11) is 0. The van der Waals surface area contributed by atoms with Crippen molar-refractivity contribution in [3.8, 4) is 0 Å². The number of hydrogen-bond donors (Lipinski definition) is 3. The van der Waals surface area contributed by atoms with Crippen LogP contribution in [0, 0.1) is 0 Å². The highest BCUT2D eigenvalue weighted by molar-refractivity contribution is 5.84.